The van der Waals surface area contributed by atoms with Crippen LogP contribution < -0.4 is 0 Å². The van der Waals surface area contributed by atoms with E-state index in [2.05, 4.69) is 30.7 Å². The standard InChI is InChI=1S/C14H19N3O2S/c1-9-5-10-12(15-6-9)17(8-14(2,3)4)13(16-10)20-7-11(18)19/h5-6H,7-8H2,1-4H3,(H,18,19). The monoisotopic (exact) mass is 293 g/mol. The van der Waals surface area contributed by atoms with Crippen molar-refractivity contribution in [1.29, 1.82) is 0 Å². The number of hydrogen-bond acceptors (Lipinski definition) is 4. The van der Waals surface area contributed by atoms with Gasteiger partial charge in [-0.3, -0.25) is 4.79 Å². The number of carbonyl (C=O) groups is 1. The van der Waals surface area contributed by atoms with Crippen LogP contribution in [0.5, 0.6) is 0 Å². The van der Waals surface area contributed by atoms with Gasteiger partial charge in [0.1, 0.15) is 5.52 Å². The summed E-state index contributed by atoms with van der Waals surface area (Å²) < 4.78 is 2.02. The first-order chi connectivity index (χ1) is 9.26. The number of aliphatic carboxylic acids is 1. The number of rotatable bonds is 4. The average molecular weight is 293 g/mol. The van der Waals surface area contributed by atoms with Gasteiger partial charge in [0.05, 0.1) is 5.75 Å². The van der Waals surface area contributed by atoms with Crippen LogP contribution in [-0.2, 0) is 11.3 Å². The Hall–Kier alpha value is -1.56. The van der Waals surface area contributed by atoms with Crippen molar-refractivity contribution in [2.75, 3.05) is 5.75 Å². The molecule has 0 aliphatic carbocycles. The van der Waals surface area contributed by atoms with Crippen molar-refractivity contribution in [1.82, 2.24) is 14.5 Å². The van der Waals surface area contributed by atoms with E-state index in [0.29, 0.717) is 0 Å². The van der Waals surface area contributed by atoms with Gasteiger partial charge in [-0.15, -0.1) is 0 Å². The second-order valence-electron chi connectivity index (χ2n) is 6.08. The predicted molar refractivity (Wildman–Crippen MR) is 80.1 cm³/mol. The van der Waals surface area contributed by atoms with Crippen LogP contribution in [0, 0.1) is 12.3 Å². The molecule has 0 amide bonds. The van der Waals surface area contributed by atoms with E-state index in [1.54, 1.807) is 0 Å². The number of nitrogens with zero attached hydrogens (tertiary/aromatic N) is 3. The fourth-order valence-electron chi connectivity index (χ4n) is 1.94. The fourth-order valence-corrected chi connectivity index (χ4v) is 2.67. The van der Waals surface area contributed by atoms with Crippen molar-refractivity contribution in [2.24, 2.45) is 5.41 Å². The van der Waals surface area contributed by atoms with Gasteiger partial charge in [0, 0.05) is 12.7 Å². The van der Waals surface area contributed by atoms with Gasteiger partial charge in [-0.25, -0.2) is 9.97 Å². The van der Waals surface area contributed by atoms with Crippen LogP contribution in [0.1, 0.15) is 26.3 Å². The smallest absolute Gasteiger partial charge is 0.313 e. The van der Waals surface area contributed by atoms with E-state index in [-0.39, 0.29) is 11.2 Å². The van der Waals surface area contributed by atoms with Crippen molar-refractivity contribution < 1.29 is 9.90 Å². The maximum atomic E-state index is 10.8. The Labute approximate surface area is 122 Å². The van der Waals surface area contributed by atoms with Crippen LogP contribution in [-0.4, -0.2) is 31.4 Å². The highest BCUT2D eigenvalue weighted by atomic mass is 32.2. The molecular weight excluding hydrogens is 274 g/mol. The SMILES string of the molecule is Cc1cnc2c(c1)nc(SCC(=O)O)n2CC(C)(C)C. The molecule has 20 heavy (non-hydrogen) atoms. The number of aromatic nitrogens is 3. The summed E-state index contributed by atoms with van der Waals surface area (Å²) in [6.45, 7) is 9.14. The van der Waals surface area contributed by atoms with Gasteiger partial charge in [-0.1, -0.05) is 32.5 Å². The van der Waals surface area contributed by atoms with Crippen molar-refractivity contribution in [3.8, 4) is 0 Å². The lowest BCUT2D eigenvalue weighted by atomic mass is 9.97. The molecule has 6 heteroatoms. The maximum absolute atomic E-state index is 10.8. The first-order valence-electron chi connectivity index (χ1n) is 6.44. The molecule has 2 aromatic heterocycles. The summed E-state index contributed by atoms with van der Waals surface area (Å²) in [6.07, 6.45) is 1.81. The van der Waals surface area contributed by atoms with Crippen molar-refractivity contribution >= 4 is 28.9 Å². The van der Waals surface area contributed by atoms with Crippen LogP contribution in [0.15, 0.2) is 17.4 Å². The first kappa shape index (κ1) is 14.8. The Morgan fingerprint density at radius 2 is 2.15 bits per heavy atom. The zero-order chi connectivity index (χ0) is 14.9. The molecule has 0 saturated heterocycles. The number of carboxylic acid groups (broad SMARTS) is 1. The summed E-state index contributed by atoms with van der Waals surface area (Å²) in [7, 11) is 0. The number of pyridine rings is 1. The molecule has 0 spiro atoms. The minimum absolute atomic E-state index is 0.00640. The molecule has 2 aromatic rings. The van der Waals surface area contributed by atoms with Crippen molar-refractivity contribution in [3.63, 3.8) is 0 Å². The van der Waals surface area contributed by atoms with E-state index in [0.717, 1.165) is 28.4 Å². The number of hydrogen-bond donors (Lipinski definition) is 1. The minimum atomic E-state index is -0.839. The molecule has 0 atom stereocenters. The molecule has 0 aromatic carbocycles. The number of imidazole rings is 1. The Morgan fingerprint density at radius 1 is 1.45 bits per heavy atom. The highest BCUT2D eigenvalue weighted by Gasteiger charge is 2.19. The van der Waals surface area contributed by atoms with Gasteiger partial charge in [0.25, 0.3) is 0 Å². The topological polar surface area (TPSA) is 68.0 Å². The number of carboxylic acids is 1. The van der Waals surface area contributed by atoms with Crippen molar-refractivity contribution in [3.05, 3.63) is 17.8 Å². The van der Waals surface area contributed by atoms with E-state index in [1.807, 2.05) is 23.8 Å². The molecule has 0 aliphatic heterocycles. The van der Waals surface area contributed by atoms with Gasteiger partial charge >= 0.3 is 5.97 Å². The Balaban J connectivity index is 2.47. The average Bonchev–Trinajstić information content (AvgIpc) is 2.62. The summed E-state index contributed by atoms with van der Waals surface area (Å²) in [5.74, 6) is -0.833. The van der Waals surface area contributed by atoms with E-state index in [9.17, 15) is 4.79 Å². The van der Waals surface area contributed by atoms with Crippen LogP contribution in [0.2, 0.25) is 0 Å². The van der Waals surface area contributed by atoms with Crippen LogP contribution >= 0.6 is 11.8 Å². The zero-order valence-corrected chi connectivity index (χ0v) is 13.0. The van der Waals surface area contributed by atoms with E-state index in [4.69, 9.17) is 5.11 Å². The molecule has 5 nitrogen and oxygen atoms in total. The summed E-state index contributed by atoms with van der Waals surface area (Å²) in [5.41, 5.74) is 2.76. The second-order valence-corrected chi connectivity index (χ2v) is 7.02. The molecule has 0 unspecified atom stereocenters. The van der Waals surface area contributed by atoms with Gasteiger partial charge in [0.15, 0.2) is 10.8 Å². The molecule has 2 heterocycles. The lowest BCUT2D eigenvalue weighted by Gasteiger charge is -2.20. The predicted octanol–water partition coefficient (Wildman–Crippen LogP) is 2.96. The Bertz CT molecular complexity index is 644. The van der Waals surface area contributed by atoms with Crippen LogP contribution in [0.25, 0.3) is 11.2 Å². The molecule has 108 valence electrons. The number of aryl methyl sites for hydroxylation is 1. The van der Waals surface area contributed by atoms with Gasteiger partial charge in [0.2, 0.25) is 0 Å². The van der Waals surface area contributed by atoms with E-state index < -0.39 is 5.97 Å². The second kappa shape index (κ2) is 5.44. The highest BCUT2D eigenvalue weighted by molar-refractivity contribution is 7.99. The highest BCUT2D eigenvalue weighted by Crippen LogP contribution is 2.27. The lowest BCUT2D eigenvalue weighted by molar-refractivity contribution is -0.133. The van der Waals surface area contributed by atoms with Crippen LogP contribution in [0.4, 0.5) is 0 Å². The number of thioether (sulfide) groups is 1. The zero-order valence-electron chi connectivity index (χ0n) is 12.2. The summed E-state index contributed by atoms with van der Waals surface area (Å²) in [6, 6.07) is 1.98. The molecular formula is C14H19N3O2S. The molecule has 1 N–H and O–H groups in total. The first-order valence-corrected chi connectivity index (χ1v) is 7.42. The summed E-state index contributed by atoms with van der Waals surface area (Å²) in [5, 5.41) is 9.56. The minimum Gasteiger partial charge on any atom is -0.481 e. The molecule has 0 radical (unpaired) electrons. The quantitative estimate of drug-likeness (QED) is 0.878. The molecule has 0 bridgehead atoms. The largest absolute Gasteiger partial charge is 0.481 e. The third kappa shape index (κ3) is 3.50. The van der Waals surface area contributed by atoms with Crippen LogP contribution in [0.3, 0.4) is 0 Å². The Kier molecular flexibility index (Phi) is 4.04. The molecule has 2 rings (SSSR count). The Morgan fingerprint density at radius 3 is 2.75 bits per heavy atom. The third-order valence-corrected chi connectivity index (χ3v) is 3.60. The number of fused-ring (bicyclic) bond motifs is 1. The third-order valence-electron chi connectivity index (χ3n) is 2.64. The molecule has 0 fully saturated rings. The summed E-state index contributed by atoms with van der Waals surface area (Å²) >= 11 is 1.24. The molecule has 0 saturated carbocycles. The fraction of sp³-hybridized carbons (Fsp3) is 0.500. The normalized spacial score (nSPS) is 12.0. The van der Waals surface area contributed by atoms with E-state index >= 15 is 0 Å². The summed E-state index contributed by atoms with van der Waals surface area (Å²) in [4.78, 5) is 19.7. The molecule has 0 aliphatic rings. The van der Waals surface area contributed by atoms with Gasteiger partial charge < -0.3 is 9.67 Å². The van der Waals surface area contributed by atoms with Crippen molar-refractivity contribution in [2.45, 2.75) is 39.4 Å². The van der Waals surface area contributed by atoms with E-state index in [1.165, 1.54) is 11.8 Å². The van der Waals surface area contributed by atoms with Gasteiger partial charge in [-0.2, -0.15) is 0 Å². The maximum Gasteiger partial charge on any atom is 0.313 e. The lowest BCUT2D eigenvalue weighted by Crippen LogP contribution is -2.16. The van der Waals surface area contributed by atoms with Gasteiger partial charge in [-0.05, 0) is 24.0 Å².